The van der Waals surface area contributed by atoms with Crippen molar-refractivity contribution in [3.05, 3.63) is 71.3 Å². The van der Waals surface area contributed by atoms with Crippen LogP contribution in [-0.2, 0) is 12.6 Å². The number of benzene rings is 2. The van der Waals surface area contributed by atoms with Crippen molar-refractivity contribution < 1.29 is 18.0 Å². The summed E-state index contributed by atoms with van der Waals surface area (Å²) in [6.45, 7) is 1.69. The van der Waals surface area contributed by atoms with Crippen molar-refractivity contribution in [1.82, 2.24) is 16.0 Å². The number of carbonyl (C=O) groups is 1. The zero-order valence-corrected chi connectivity index (χ0v) is 19.0. The van der Waals surface area contributed by atoms with Gasteiger partial charge in [0.05, 0.1) is 5.56 Å². The number of carbonyl (C=O) groups excluding carboxylic acids is 1. The van der Waals surface area contributed by atoms with Crippen molar-refractivity contribution >= 4 is 35.8 Å². The van der Waals surface area contributed by atoms with Crippen LogP contribution in [0.3, 0.4) is 0 Å². The molecule has 0 atom stereocenters. The second-order valence-corrected chi connectivity index (χ2v) is 6.35. The molecule has 0 spiro atoms. The van der Waals surface area contributed by atoms with Crippen molar-refractivity contribution in [3.63, 3.8) is 0 Å². The molecule has 0 saturated carbocycles. The average molecular weight is 534 g/mol. The zero-order valence-electron chi connectivity index (χ0n) is 16.6. The fraction of sp³-hybridized carbons (Fsp3) is 0.333. The summed E-state index contributed by atoms with van der Waals surface area (Å²) in [6, 6.07) is 14.2. The predicted molar refractivity (Wildman–Crippen MR) is 123 cm³/mol. The van der Waals surface area contributed by atoms with Crippen LogP contribution in [0.5, 0.6) is 0 Å². The third-order valence-electron chi connectivity index (χ3n) is 4.18. The Kier molecular flexibility index (Phi) is 11.2. The molecule has 0 bridgehead atoms. The summed E-state index contributed by atoms with van der Waals surface area (Å²) in [5, 5.41) is 9.11. The average Bonchev–Trinajstić information content (AvgIpc) is 2.72. The Morgan fingerprint density at radius 1 is 0.900 bits per heavy atom. The first-order valence-electron chi connectivity index (χ1n) is 9.34. The maximum atomic E-state index is 12.6. The molecule has 0 fully saturated rings. The molecule has 0 aliphatic heterocycles. The Morgan fingerprint density at radius 2 is 1.50 bits per heavy atom. The standard InChI is InChI=1S/C21H25F3N4O.HI/c1-25-20(27-14-5-13-26-19(29)17-6-3-2-4-7-17)28-15-12-16-8-10-18(11-9-16)21(22,23)24;/h2-4,6-11H,5,12-15H2,1H3,(H,26,29)(H2,25,27,28);1H. The Labute approximate surface area is 191 Å². The monoisotopic (exact) mass is 534 g/mol. The van der Waals surface area contributed by atoms with Crippen LogP contribution >= 0.6 is 24.0 Å². The van der Waals surface area contributed by atoms with Gasteiger partial charge in [-0.05, 0) is 42.7 Å². The highest BCUT2D eigenvalue weighted by atomic mass is 127. The van der Waals surface area contributed by atoms with Crippen molar-refractivity contribution in [2.45, 2.75) is 19.0 Å². The molecule has 164 valence electrons. The molecule has 1 amide bonds. The summed E-state index contributed by atoms with van der Waals surface area (Å²) in [6.07, 6.45) is -3.02. The van der Waals surface area contributed by atoms with Gasteiger partial charge in [0.15, 0.2) is 5.96 Å². The summed E-state index contributed by atoms with van der Waals surface area (Å²) in [5.74, 6) is 0.496. The summed E-state index contributed by atoms with van der Waals surface area (Å²) < 4.78 is 37.7. The molecule has 0 aromatic heterocycles. The summed E-state index contributed by atoms with van der Waals surface area (Å²) in [7, 11) is 1.64. The SMILES string of the molecule is CN=C(NCCCNC(=O)c1ccccc1)NCCc1ccc(C(F)(F)F)cc1.I. The summed E-state index contributed by atoms with van der Waals surface area (Å²) in [5.41, 5.74) is 0.789. The molecular weight excluding hydrogens is 508 g/mol. The maximum absolute atomic E-state index is 12.6. The van der Waals surface area contributed by atoms with Crippen LogP contribution in [0.4, 0.5) is 13.2 Å². The minimum Gasteiger partial charge on any atom is -0.356 e. The van der Waals surface area contributed by atoms with Crippen LogP contribution in [0.25, 0.3) is 0 Å². The van der Waals surface area contributed by atoms with Gasteiger partial charge in [-0.3, -0.25) is 9.79 Å². The highest BCUT2D eigenvalue weighted by molar-refractivity contribution is 14.0. The van der Waals surface area contributed by atoms with Gasteiger partial charge in [0.25, 0.3) is 5.91 Å². The number of hydrogen-bond acceptors (Lipinski definition) is 2. The molecule has 2 rings (SSSR count). The van der Waals surface area contributed by atoms with Crippen LogP contribution in [0, 0.1) is 0 Å². The van der Waals surface area contributed by atoms with Crippen LogP contribution in [0.1, 0.15) is 27.9 Å². The van der Waals surface area contributed by atoms with Crippen LogP contribution in [-0.4, -0.2) is 38.5 Å². The number of guanidine groups is 1. The third kappa shape index (κ3) is 9.02. The minimum absolute atomic E-state index is 0. The Hall–Kier alpha value is -2.30. The summed E-state index contributed by atoms with van der Waals surface area (Å²) in [4.78, 5) is 16.0. The molecule has 0 heterocycles. The molecule has 0 radical (unpaired) electrons. The Balaban J connectivity index is 0.00000450. The van der Waals surface area contributed by atoms with Gasteiger partial charge in [0.1, 0.15) is 0 Å². The van der Waals surface area contributed by atoms with Crippen LogP contribution < -0.4 is 16.0 Å². The number of nitrogens with zero attached hydrogens (tertiary/aromatic N) is 1. The van der Waals surface area contributed by atoms with Crippen molar-refractivity contribution in [2.24, 2.45) is 4.99 Å². The van der Waals surface area contributed by atoms with E-state index in [0.29, 0.717) is 37.6 Å². The molecule has 2 aromatic carbocycles. The molecule has 3 N–H and O–H groups in total. The van der Waals surface area contributed by atoms with E-state index < -0.39 is 11.7 Å². The van der Waals surface area contributed by atoms with Crippen molar-refractivity contribution in [2.75, 3.05) is 26.7 Å². The second-order valence-electron chi connectivity index (χ2n) is 6.35. The smallest absolute Gasteiger partial charge is 0.356 e. The van der Waals surface area contributed by atoms with Gasteiger partial charge in [-0.1, -0.05) is 30.3 Å². The molecule has 0 saturated heterocycles. The van der Waals surface area contributed by atoms with E-state index in [1.807, 2.05) is 18.2 Å². The normalized spacial score (nSPS) is 11.4. The number of hydrogen-bond donors (Lipinski definition) is 3. The fourth-order valence-corrected chi connectivity index (χ4v) is 2.59. The number of aliphatic imine (C=N–C) groups is 1. The largest absolute Gasteiger partial charge is 0.416 e. The number of rotatable bonds is 8. The number of alkyl halides is 3. The highest BCUT2D eigenvalue weighted by Crippen LogP contribution is 2.29. The van der Waals surface area contributed by atoms with Gasteiger partial charge < -0.3 is 16.0 Å². The van der Waals surface area contributed by atoms with Crippen molar-refractivity contribution in [3.8, 4) is 0 Å². The lowest BCUT2D eigenvalue weighted by Crippen LogP contribution is -2.39. The quantitative estimate of drug-likeness (QED) is 0.209. The Morgan fingerprint density at radius 3 is 2.10 bits per heavy atom. The second kappa shape index (κ2) is 13.1. The van der Waals surface area contributed by atoms with Crippen LogP contribution in [0.15, 0.2) is 59.6 Å². The van der Waals surface area contributed by atoms with Gasteiger partial charge in [-0.15, -0.1) is 24.0 Å². The van der Waals surface area contributed by atoms with Gasteiger partial charge >= 0.3 is 6.18 Å². The van der Waals surface area contributed by atoms with Crippen molar-refractivity contribution in [1.29, 1.82) is 0 Å². The van der Waals surface area contributed by atoms with E-state index in [0.717, 1.165) is 24.1 Å². The number of nitrogens with one attached hydrogen (secondary N) is 3. The van der Waals surface area contributed by atoms with Gasteiger partial charge in [0, 0.05) is 32.2 Å². The molecule has 0 aliphatic rings. The molecule has 5 nitrogen and oxygen atoms in total. The van der Waals surface area contributed by atoms with E-state index in [1.165, 1.54) is 12.1 Å². The van der Waals surface area contributed by atoms with Crippen LogP contribution in [0.2, 0.25) is 0 Å². The van der Waals surface area contributed by atoms with E-state index in [2.05, 4.69) is 20.9 Å². The van der Waals surface area contributed by atoms with E-state index in [9.17, 15) is 18.0 Å². The first-order chi connectivity index (χ1) is 13.9. The lowest BCUT2D eigenvalue weighted by molar-refractivity contribution is -0.137. The van der Waals surface area contributed by atoms with Gasteiger partial charge in [-0.25, -0.2) is 0 Å². The van der Waals surface area contributed by atoms with E-state index in [4.69, 9.17) is 0 Å². The topological polar surface area (TPSA) is 65.5 Å². The minimum atomic E-state index is -4.32. The first kappa shape index (κ1) is 25.7. The maximum Gasteiger partial charge on any atom is 0.416 e. The summed E-state index contributed by atoms with van der Waals surface area (Å²) >= 11 is 0. The lowest BCUT2D eigenvalue weighted by Gasteiger charge is -2.12. The fourth-order valence-electron chi connectivity index (χ4n) is 2.59. The molecule has 0 unspecified atom stereocenters. The van der Waals surface area contributed by atoms with E-state index in [1.54, 1.807) is 19.2 Å². The van der Waals surface area contributed by atoms with Gasteiger partial charge in [-0.2, -0.15) is 13.2 Å². The molecule has 0 aliphatic carbocycles. The zero-order chi connectivity index (χ0) is 21.1. The molecule has 2 aromatic rings. The van der Waals surface area contributed by atoms with Gasteiger partial charge in [0.2, 0.25) is 0 Å². The molecule has 30 heavy (non-hydrogen) atoms. The number of amides is 1. The predicted octanol–water partition coefficient (Wildman–Crippen LogP) is 3.85. The molecular formula is C21H26F3IN4O. The van der Waals surface area contributed by atoms with E-state index in [-0.39, 0.29) is 29.9 Å². The molecule has 9 heteroatoms. The van der Waals surface area contributed by atoms with E-state index >= 15 is 0 Å². The lowest BCUT2D eigenvalue weighted by atomic mass is 10.1. The number of halogens is 4. The Bertz CT molecular complexity index is 796. The third-order valence-corrected chi connectivity index (χ3v) is 4.18. The first-order valence-corrected chi connectivity index (χ1v) is 9.34. The highest BCUT2D eigenvalue weighted by Gasteiger charge is 2.29.